The third kappa shape index (κ3) is 4.30. The molecule has 0 amide bonds. The van der Waals surface area contributed by atoms with Crippen LogP contribution in [-0.2, 0) is 0 Å². The first-order chi connectivity index (χ1) is 8.22. The molecule has 1 aliphatic carbocycles. The number of hydrogen-bond donors (Lipinski definition) is 2. The number of rotatable bonds is 7. The van der Waals surface area contributed by atoms with E-state index in [1.807, 2.05) is 24.4 Å². The van der Waals surface area contributed by atoms with E-state index >= 15 is 0 Å². The van der Waals surface area contributed by atoms with Crippen LogP contribution >= 0.6 is 11.8 Å². The highest BCUT2D eigenvalue weighted by Gasteiger charge is 2.31. The summed E-state index contributed by atoms with van der Waals surface area (Å²) in [6.45, 7) is 2.30. The van der Waals surface area contributed by atoms with Gasteiger partial charge >= 0.3 is 0 Å². The molecule has 0 spiro atoms. The molecule has 4 heteroatoms. The topological polar surface area (TPSA) is 45.2 Å². The van der Waals surface area contributed by atoms with Gasteiger partial charge in [-0.15, -0.1) is 11.8 Å². The number of pyridine rings is 1. The van der Waals surface area contributed by atoms with Crippen molar-refractivity contribution in [1.82, 2.24) is 10.3 Å². The average molecular weight is 252 g/mol. The van der Waals surface area contributed by atoms with E-state index in [1.54, 1.807) is 11.8 Å². The zero-order valence-corrected chi connectivity index (χ0v) is 11.0. The number of aliphatic hydroxyl groups is 1. The van der Waals surface area contributed by atoms with Gasteiger partial charge in [-0.05, 0) is 38.3 Å². The van der Waals surface area contributed by atoms with Crippen LogP contribution in [0, 0.1) is 0 Å². The molecule has 1 heterocycles. The van der Waals surface area contributed by atoms with E-state index in [9.17, 15) is 5.11 Å². The van der Waals surface area contributed by atoms with E-state index in [2.05, 4.69) is 17.2 Å². The minimum absolute atomic E-state index is 0.136. The molecule has 0 saturated heterocycles. The lowest BCUT2D eigenvalue weighted by Gasteiger charge is -2.28. The van der Waals surface area contributed by atoms with E-state index in [-0.39, 0.29) is 12.1 Å². The predicted molar refractivity (Wildman–Crippen MR) is 71.2 cm³/mol. The standard InChI is InChI=1S/C13H20N2OS/c1-13(10-16,15-11-5-6-11)7-9-17-12-4-2-3-8-14-12/h2-4,8,11,15-16H,5-7,9-10H2,1H3. The van der Waals surface area contributed by atoms with Gasteiger partial charge in [-0.3, -0.25) is 0 Å². The van der Waals surface area contributed by atoms with E-state index in [0.29, 0.717) is 6.04 Å². The molecule has 2 rings (SSSR count). The molecule has 1 aliphatic rings. The molecule has 1 atom stereocenters. The van der Waals surface area contributed by atoms with E-state index in [4.69, 9.17) is 0 Å². The summed E-state index contributed by atoms with van der Waals surface area (Å²) in [5.74, 6) is 0.980. The molecule has 0 radical (unpaired) electrons. The summed E-state index contributed by atoms with van der Waals surface area (Å²) in [4.78, 5) is 4.28. The third-order valence-corrected chi connectivity index (χ3v) is 3.97. The maximum atomic E-state index is 9.47. The molecular weight excluding hydrogens is 232 g/mol. The molecule has 1 fully saturated rings. The van der Waals surface area contributed by atoms with Crippen LogP contribution in [0.5, 0.6) is 0 Å². The molecule has 1 aromatic heterocycles. The van der Waals surface area contributed by atoms with Crippen LogP contribution in [0.3, 0.4) is 0 Å². The summed E-state index contributed by atoms with van der Waals surface area (Å²) in [6, 6.07) is 6.58. The Morgan fingerprint density at radius 3 is 2.94 bits per heavy atom. The van der Waals surface area contributed by atoms with Crippen molar-refractivity contribution in [3.05, 3.63) is 24.4 Å². The van der Waals surface area contributed by atoms with Gasteiger partial charge in [-0.25, -0.2) is 4.98 Å². The van der Waals surface area contributed by atoms with Crippen molar-refractivity contribution < 1.29 is 5.11 Å². The summed E-state index contributed by atoms with van der Waals surface area (Å²) in [5, 5.41) is 14.0. The van der Waals surface area contributed by atoms with Crippen LogP contribution in [-0.4, -0.2) is 34.0 Å². The van der Waals surface area contributed by atoms with Gasteiger partial charge in [0.1, 0.15) is 0 Å². The first-order valence-electron chi connectivity index (χ1n) is 6.14. The monoisotopic (exact) mass is 252 g/mol. The van der Waals surface area contributed by atoms with Crippen LogP contribution in [0.1, 0.15) is 26.2 Å². The number of nitrogens with one attached hydrogen (secondary N) is 1. The lowest BCUT2D eigenvalue weighted by atomic mass is 10.0. The normalized spacial score (nSPS) is 18.9. The molecule has 1 saturated carbocycles. The number of nitrogens with zero attached hydrogens (tertiary/aromatic N) is 1. The SMILES string of the molecule is CC(CO)(CCSc1ccccn1)NC1CC1. The van der Waals surface area contributed by atoms with Gasteiger partial charge in [0, 0.05) is 23.5 Å². The van der Waals surface area contributed by atoms with Crippen molar-refractivity contribution in [1.29, 1.82) is 0 Å². The van der Waals surface area contributed by atoms with Crippen LogP contribution in [0.4, 0.5) is 0 Å². The second-order valence-corrected chi connectivity index (χ2v) is 6.02. The molecular formula is C13H20N2OS. The van der Waals surface area contributed by atoms with Crippen LogP contribution in [0.15, 0.2) is 29.4 Å². The van der Waals surface area contributed by atoms with Crippen molar-refractivity contribution >= 4 is 11.8 Å². The highest BCUT2D eigenvalue weighted by molar-refractivity contribution is 7.99. The largest absolute Gasteiger partial charge is 0.394 e. The Morgan fingerprint density at radius 1 is 1.53 bits per heavy atom. The maximum Gasteiger partial charge on any atom is 0.0959 e. The Kier molecular flexibility index (Phi) is 4.42. The first-order valence-corrected chi connectivity index (χ1v) is 7.13. The van der Waals surface area contributed by atoms with Gasteiger partial charge in [-0.2, -0.15) is 0 Å². The minimum atomic E-state index is -0.136. The predicted octanol–water partition coefficient (Wildman–Crippen LogP) is 2.07. The lowest BCUT2D eigenvalue weighted by Crippen LogP contribution is -2.47. The molecule has 0 aliphatic heterocycles. The lowest BCUT2D eigenvalue weighted by molar-refractivity contribution is 0.169. The van der Waals surface area contributed by atoms with Gasteiger partial charge < -0.3 is 10.4 Å². The quantitative estimate of drug-likeness (QED) is 0.729. The molecule has 0 aromatic carbocycles. The fraction of sp³-hybridized carbons (Fsp3) is 0.615. The first kappa shape index (κ1) is 12.9. The van der Waals surface area contributed by atoms with Crippen LogP contribution < -0.4 is 5.32 Å². The van der Waals surface area contributed by atoms with Gasteiger partial charge in [0.25, 0.3) is 0 Å². The zero-order valence-electron chi connectivity index (χ0n) is 10.2. The second-order valence-electron chi connectivity index (χ2n) is 4.90. The number of aliphatic hydroxyl groups excluding tert-OH is 1. The Labute approximate surface area is 107 Å². The fourth-order valence-electron chi connectivity index (χ4n) is 1.73. The van der Waals surface area contributed by atoms with Crippen LogP contribution in [0.2, 0.25) is 0 Å². The highest BCUT2D eigenvalue weighted by atomic mass is 32.2. The number of thioether (sulfide) groups is 1. The Hall–Kier alpha value is -0.580. The van der Waals surface area contributed by atoms with Gasteiger partial charge in [0.15, 0.2) is 0 Å². The zero-order chi connectivity index (χ0) is 12.1. The molecule has 0 bridgehead atoms. The van der Waals surface area contributed by atoms with E-state index < -0.39 is 0 Å². The van der Waals surface area contributed by atoms with Crippen molar-refractivity contribution in [3.8, 4) is 0 Å². The van der Waals surface area contributed by atoms with Crippen molar-refractivity contribution in [2.24, 2.45) is 0 Å². The van der Waals surface area contributed by atoms with Gasteiger partial charge in [0.05, 0.1) is 11.6 Å². The molecule has 3 nitrogen and oxygen atoms in total. The average Bonchev–Trinajstić information content (AvgIpc) is 3.14. The summed E-state index contributed by atoms with van der Waals surface area (Å²) < 4.78 is 0. The molecule has 1 unspecified atom stereocenters. The molecule has 17 heavy (non-hydrogen) atoms. The third-order valence-electron chi connectivity index (χ3n) is 3.02. The molecule has 94 valence electrons. The highest BCUT2D eigenvalue weighted by Crippen LogP contribution is 2.25. The maximum absolute atomic E-state index is 9.47. The summed E-state index contributed by atoms with van der Waals surface area (Å²) in [5.41, 5.74) is -0.136. The van der Waals surface area contributed by atoms with Crippen molar-refractivity contribution in [2.45, 2.75) is 42.8 Å². The molecule has 1 aromatic rings. The number of hydrogen-bond acceptors (Lipinski definition) is 4. The smallest absolute Gasteiger partial charge is 0.0959 e. The fourth-order valence-corrected chi connectivity index (χ4v) is 2.80. The second kappa shape index (κ2) is 5.85. The Balaban J connectivity index is 1.75. The summed E-state index contributed by atoms with van der Waals surface area (Å²) in [6.07, 6.45) is 5.28. The summed E-state index contributed by atoms with van der Waals surface area (Å²) in [7, 11) is 0. The van der Waals surface area contributed by atoms with Gasteiger partial charge in [-0.1, -0.05) is 6.07 Å². The van der Waals surface area contributed by atoms with Crippen molar-refractivity contribution in [2.75, 3.05) is 12.4 Å². The van der Waals surface area contributed by atoms with Gasteiger partial charge in [0.2, 0.25) is 0 Å². The minimum Gasteiger partial charge on any atom is -0.394 e. The van der Waals surface area contributed by atoms with Crippen LogP contribution in [0.25, 0.3) is 0 Å². The molecule has 2 N–H and O–H groups in total. The van der Waals surface area contributed by atoms with Crippen molar-refractivity contribution in [3.63, 3.8) is 0 Å². The van der Waals surface area contributed by atoms with E-state index in [0.717, 1.165) is 17.2 Å². The summed E-state index contributed by atoms with van der Waals surface area (Å²) >= 11 is 1.75. The Bertz CT molecular complexity index is 343. The number of aromatic nitrogens is 1. The van der Waals surface area contributed by atoms with E-state index in [1.165, 1.54) is 12.8 Å². The Morgan fingerprint density at radius 2 is 2.35 bits per heavy atom.